The van der Waals surface area contributed by atoms with E-state index in [0.29, 0.717) is 0 Å². The Bertz CT molecular complexity index is 472. The summed E-state index contributed by atoms with van der Waals surface area (Å²) in [6.07, 6.45) is 0. The lowest BCUT2D eigenvalue weighted by molar-refractivity contribution is -0.118. The minimum atomic E-state index is -0.710. The van der Waals surface area contributed by atoms with Gasteiger partial charge in [-0.15, -0.1) is 0 Å². The summed E-state index contributed by atoms with van der Waals surface area (Å²) in [6, 6.07) is 2.31. The van der Waals surface area contributed by atoms with Gasteiger partial charge in [-0.1, -0.05) is 0 Å². The molecule has 0 fully saturated rings. The van der Waals surface area contributed by atoms with Gasteiger partial charge in [0.2, 0.25) is 0 Å². The number of carbonyl (C=O) groups excluding carboxylic acids is 2. The van der Waals surface area contributed by atoms with E-state index in [-0.39, 0.29) is 23.6 Å². The summed E-state index contributed by atoms with van der Waals surface area (Å²) < 4.78 is 22.8. The normalized spacial score (nSPS) is 13.5. The van der Waals surface area contributed by atoms with Gasteiger partial charge >= 0.3 is 5.97 Å². The fraction of sp³-hybridized carbons (Fsp3) is 0.200. The molecule has 0 saturated heterocycles. The van der Waals surface area contributed by atoms with Crippen molar-refractivity contribution in [1.82, 2.24) is 0 Å². The van der Waals surface area contributed by atoms with Crippen molar-refractivity contribution in [3.8, 4) is 5.75 Å². The zero-order chi connectivity index (χ0) is 11.7. The van der Waals surface area contributed by atoms with E-state index in [9.17, 15) is 14.0 Å². The van der Waals surface area contributed by atoms with Crippen molar-refractivity contribution in [1.29, 1.82) is 0 Å². The van der Waals surface area contributed by atoms with E-state index in [0.717, 1.165) is 6.07 Å². The van der Waals surface area contributed by atoms with Gasteiger partial charge in [-0.2, -0.15) is 0 Å². The Morgan fingerprint density at radius 1 is 1.56 bits per heavy atom. The molecule has 6 heteroatoms. The van der Waals surface area contributed by atoms with Gasteiger partial charge in [0.1, 0.15) is 0 Å². The number of ether oxygens (including phenoxy) is 2. The summed E-state index contributed by atoms with van der Waals surface area (Å²) >= 11 is 0. The number of benzene rings is 1. The fourth-order valence-corrected chi connectivity index (χ4v) is 1.39. The Kier molecular flexibility index (Phi) is 2.47. The number of hydrogen-bond donors (Lipinski definition) is 1. The van der Waals surface area contributed by atoms with Crippen molar-refractivity contribution in [2.75, 3.05) is 19.0 Å². The van der Waals surface area contributed by atoms with Gasteiger partial charge in [-0.05, 0) is 12.1 Å². The molecule has 0 radical (unpaired) electrons. The Labute approximate surface area is 90.2 Å². The molecule has 1 N–H and O–H groups in total. The first kappa shape index (κ1) is 10.4. The molecule has 0 bridgehead atoms. The van der Waals surface area contributed by atoms with E-state index >= 15 is 0 Å². The van der Waals surface area contributed by atoms with Crippen molar-refractivity contribution < 1.29 is 23.5 Å². The minimum absolute atomic E-state index is 0.0181. The lowest BCUT2D eigenvalue weighted by atomic mass is 10.1. The first-order chi connectivity index (χ1) is 7.61. The lowest BCUT2D eigenvalue weighted by Crippen LogP contribution is -2.26. The Hall–Kier alpha value is -2.11. The van der Waals surface area contributed by atoms with Gasteiger partial charge in [0.15, 0.2) is 18.2 Å². The third kappa shape index (κ3) is 1.69. The van der Waals surface area contributed by atoms with Crippen LogP contribution < -0.4 is 10.1 Å². The van der Waals surface area contributed by atoms with Crippen LogP contribution >= 0.6 is 0 Å². The van der Waals surface area contributed by atoms with Crippen molar-refractivity contribution in [2.45, 2.75) is 0 Å². The second-order valence-corrected chi connectivity index (χ2v) is 3.16. The highest BCUT2D eigenvalue weighted by molar-refractivity contribution is 5.98. The van der Waals surface area contributed by atoms with Crippen molar-refractivity contribution in [2.24, 2.45) is 0 Å². The Balaban J connectivity index is 2.47. The third-order valence-corrected chi connectivity index (χ3v) is 2.09. The number of amides is 1. The summed E-state index contributed by atoms with van der Waals surface area (Å²) in [5, 5.41) is 2.41. The van der Waals surface area contributed by atoms with Crippen LogP contribution in [0, 0.1) is 5.82 Å². The van der Waals surface area contributed by atoms with E-state index in [4.69, 9.17) is 4.74 Å². The molecule has 0 aliphatic carbocycles. The molecule has 0 spiro atoms. The number of hydrogen-bond acceptors (Lipinski definition) is 4. The molecular formula is C10H8FNO4. The number of fused-ring (bicyclic) bond motifs is 1. The molecule has 1 amide bonds. The SMILES string of the molecule is COC(=O)c1cc(F)c2c(c1)NC(=O)CO2. The van der Waals surface area contributed by atoms with Crippen molar-refractivity contribution in [3.63, 3.8) is 0 Å². The fourth-order valence-electron chi connectivity index (χ4n) is 1.39. The van der Waals surface area contributed by atoms with Gasteiger partial charge in [0.25, 0.3) is 5.91 Å². The van der Waals surface area contributed by atoms with E-state index < -0.39 is 17.7 Å². The van der Waals surface area contributed by atoms with Crippen LogP contribution in [0.15, 0.2) is 12.1 Å². The second-order valence-electron chi connectivity index (χ2n) is 3.16. The summed E-state index contributed by atoms with van der Waals surface area (Å²) in [5.41, 5.74) is 0.154. The molecule has 1 heterocycles. The van der Waals surface area contributed by atoms with E-state index in [1.54, 1.807) is 0 Å². The van der Waals surface area contributed by atoms with Gasteiger partial charge in [0.05, 0.1) is 18.4 Å². The molecule has 0 saturated carbocycles. The number of carbonyl (C=O) groups is 2. The average Bonchev–Trinajstić information content (AvgIpc) is 2.27. The number of methoxy groups -OCH3 is 1. The molecule has 1 aromatic carbocycles. The highest BCUT2D eigenvalue weighted by Crippen LogP contribution is 2.32. The molecule has 1 aromatic rings. The van der Waals surface area contributed by atoms with Crippen LogP contribution in [-0.2, 0) is 9.53 Å². The van der Waals surface area contributed by atoms with Crippen LogP contribution in [0.3, 0.4) is 0 Å². The van der Waals surface area contributed by atoms with Gasteiger partial charge in [-0.25, -0.2) is 9.18 Å². The summed E-state index contributed by atoms with van der Waals surface area (Å²) in [4.78, 5) is 22.2. The number of nitrogens with one attached hydrogen (secondary N) is 1. The lowest BCUT2D eigenvalue weighted by Gasteiger charge is -2.18. The third-order valence-electron chi connectivity index (χ3n) is 2.09. The number of esters is 1. The van der Waals surface area contributed by atoms with E-state index in [1.807, 2.05) is 0 Å². The molecule has 16 heavy (non-hydrogen) atoms. The standard InChI is InChI=1S/C10H8FNO4/c1-15-10(14)5-2-6(11)9-7(3-5)12-8(13)4-16-9/h2-3H,4H2,1H3,(H,12,13). The Morgan fingerprint density at radius 2 is 2.31 bits per heavy atom. The second kappa shape index (κ2) is 3.80. The molecule has 1 aliphatic heterocycles. The first-order valence-electron chi connectivity index (χ1n) is 4.46. The van der Waals surface area contributed by atoms with Gasteiger partial charge in [0, 0.05) is 0 Å². The molecule has 1 aliphatic rings. The van der Waals surface area contributed by atoms with Gasteiger partial charge in [-0.3, -0.25) is 4.79 Å². The van der Waals surface area contributed by atoms with Crippen LogP contribution in [0.1, 0.15) is 10.4 Å². The van der Waals surface area contributed by atoms with Crippen molar-refractivity contribution in [3.05, 3.63) is 23.5 Å². The maximum Gasteiger partial charge on any atom is 0.338 e. The van der Waals surface area contributed by atoms with Crippen molar-refractivity contribution >= 4 is 17.6 Å². The maximum atomic E-state index is 13.5. The molecule has 5 nitrogen and oxygen atoms in total. The number of rotatable bonds is 1. The van der Waals surface area contributed by atoms with E-state index in [1.165, 1.54) is 13.2 Å². The zero-order valence-electron chi connectivity index (χ0n) is 8.37. The highest BCUT2D eigenvalue weighted by atomic mass is 19.1. The molecule has 84 valence electrons. The van der Waals surface area contributed by atoms with Crippen LogP contribution in [0.2, 0.25) is 0 Å². The largest absolute Gasteiger partial charge is 0.478 e. The topological polar surface area (TPSA) is 64.6 Å². The predicted octanol–water partition coefficient (Wildman–Crippen LogP) is 0.943. The molecule has 0 aromatic heterocycles. The molecule has 0 unspecified atom stereocenters. The van der Waals surface area contributed by atoms with Gasteiger partial charge < -0.3 is 14.8 Å². The number of anilines is 1. The molecule has 0 atom stereocenters. The first-order valence-corrected chi connectivity index (χ1v) is 4.46. The quantitative estimate of drug-likeness (QED) is 0.722. The predicted molar refractivity (Wildman–Crippen MR) is 51.9 cm³/mol. The van der Waals surface area contributed by atoms with Crippen LogP contribution in [-0.4, -0.2) is 25.6 Å². The smallest absolute Gasteiger partial charge is 0.338 e. The van der Waals surface area contributed by atoms with E-state index in [2.05, 4.69) is 10.1 Å². The van der Waals surface area contributed by atoms with Crippen LogP contribution in [0.4, 0.5) is 10.1 Å². The average molecular weight is 225 g/mol. The maximum absolute atomic E-state index is 13.5. The summed E-state index contributed by atoms with van der Waals surface area (Å²) in [6.45, 7) is -0.235. The summed E-state index contributed by atoms with van der Waals surface area (Å²) in [7, 11) is 1.19. The zero-order valence-corrected chi connectivity index (χ0v) is 8.37. The Morgan fingerprint density at radius 3 is 3.00 bits per heavy atom. The monoisotopic (exact) mass is 225 g/mol. The molecule has 2 rings (SSSR count). The number of halogens is 1. The van der Waals surface area contributed by atoms with Crippen LogP contribution in [0.25, 0.3) is 0 Å². The minimum Gasteiger partial charge on any atom is -0.478 e. The highest BCUT2D eigenvalue weighted by Gasteiger charge is 2.22. The molecular weight excluding hydrogens is 217 g/mol. The summed E-state index contributed by atoms with van der Waals surface area (Å²) in [5.74, 6) is -1.85. The van der Waals surface area contributed by atoms with Crippen LogP contribution in [0.5, 0.6) is 5.75 Å².